The summed E-state index contributed by atoms with van der Waals surface area (Å²) in [5.74, 6) is 0.464. The number of anilines is 1. The molecule has 2 N–H and O–H groups in total. The van der Waals surface area contributed by atoms with Crippen LogP contribution in [-0.4, -0.2) is 27.2 Å². The van der Waals surface area contributed by atoms with Gasteiger partial charge in [0.05, 0.1) is 17.3 Å². The summed E-state index contributed by atoms with van der Waals surface area (Å²) in [5.41, 5.74) is 5.50. The molecule has 4 aromatic rings. The zero-order chi connectivity index (χ0) is 24.8. The lowest BCUT2D eigenvalue weighted by Crippen LogP contribution is -2.35. The van der Waals surface area contributed by atoms with Crippen LogP contribution in [-0.2, 0) is 11.8 Å². The molecule has 0 saturated carbocycles. The number of benzene rings is 2. The monoisotopic (exact) mass is 464 g/mol. The molecular formula is C28H28N6O. The largest absolute Gasteiger partial charge is 0.309 e. The zero-order valence-electron chi connectivity index (χ0n) is 20.1. The van der Waals surface area contributed by atoms with Crippen LogP contribution in [0, 0.1) is 18.3 Å². The molecule has 35 heavy (non-hydrogen) atoms. The fourth-order valence-corrected chi connectivity index (χ4v) is 4.01. The summed E-state index contributed by atoms with van der Waals surface area (Å²) in [6.07, 6.45) is 3.70. The number of amides is 1. The predicted molar refractivity (Wildman–Crippen MR) is 137 cm³/mol. The van der Waals surface area contributed by atoms with Crippen LogP contribution < -0.4 is 10.6 Å². The molecule has 0 fully saturated rings. The number of aromatic nitrogens is 3. The SMILES string of the molecule is Cc1nn(C)cc1-c1ccc(NC(=O)C(NC[C@@H](C)c2ccc(C#N)cc2)c2ccccc2)nc1. The van der Waals surface area contributed by atoms with Crippen molar-refractivity contribution in [1.82, 2.24) is 20.1 Å². The Hall–Kier alpha value is -4.28. The Kier molecular flexibility index (Phi) is 7.34. The highest BCUT2D eigenvalue weighted by Crippen LogP contribution is 2.23. The van der Waals surface area contributed by atoms with Crippen molar-refractivity contribution in [2.75, 3.05) is 11.9 Å². The van der Waals surface area contributed by atoms with E-state index in [-0.39, 0.29) is 11.8 Å². The van der Waals surface area contributed by atoms with Crippen molar-refractivity contribution in [2.45, 2.75) is 25.8 Å². The third-order valence-electron chi connectivity index (χ3n) is 5.97. The van der Waals surface area contributed by atoms with Crippen LogP contribution in [0.25, 0.3) is 11.1 Å². The first kappa shape index (κ1) is 23.9. The maximum atomic E-state index is 13.3. The van der Waals surface area contributed by atoms with Crippen LogP contribution >= 0.6 is 0 Å². The number of rotatable bonds is 8. The Morgan fingerprint density at radius 1 is 1.06 bits per heavy atom. The highest BCUT2D eigenvalue weighted by molar-refractivity contribution is 5.95. The van der Waals surface area contributed by atoms with Crippen molar-refractivity contribution in [3.63, 3.8) is 0 Å². The van der Waals surface area contributed by atoms with Gasteiger partial charge in [0.1, 0.15) is 11.9 Å². The van der Waals surface area contributed by atoms with Gasteiger partial charge >= 0.3 is 0 Å². The number of nitrogens with one attached hydrogen (secondary N) is 2. The van der Waals surface area contributed by atoms with Crippen molar-refractivity contribution in [2.24, 2.45) is 7.05 Å². The molecule has 2 atom stereocenters. The Labute approximate surface area is 205 Å². The second-order valence-corrected chi connectivity index (χ2v) is 8.61. The Balaban J connectivity index is 1.47. The minimum absolute atomic E-state index is 0.155. The van der Waals surface area contributed by atoms with Crippen LogP contribution in [0.5, 0.6) is 0 Å². The first-order chi connectivity index (χ1) is 16.9. The minimum atomic E-state index is -0.543. The summed E-state index contributed by atoms with van der Waals surface area (Å²) in [6, 6.07) is 22.5. The summed E-state index contributed by atoms with van der Waals surface area (Å²) < 4.78 is 1.77. The first-order valence-corrected chi connectivity index (χ1v) is 11.5. The molecule has 4 rings (SSSR count). The number of hydrogen-bond donors (Lipinski definition) is 2. The van der Waals surface area contributed by atoms with Crippen LogP contribution in [0.3, 0.4) is 0 Å². The van der Waals surface area contributed by atoms with E-state index in [2.05, 4.69) is 33.7 Å². The second kappa shape index (κ2) is 10.8. The van der Waals surface area contributed by atoms with Crippen molar-refractivity contribution < 1.29 is 4.79 Å². The van der Waals surface area contributed by atoms with Gasteiger partial charge in [0.25, 0.3) is 0 Å². The smallest absolute Gasteiger partial charge is 0.247 e. The quantitative estimate of drug-likeness (QED) is 0.393. The van der Waals surface area contributed by atoms with Gasteiger partial charge in [-0.15, -0.1) is 0 Å². The summed E-state index contributed by atoms with van der Waals surface area (Å²) in [6.45, 7) is 4.64. The summed E-state index contributed by atoms with van der Waals surface area (Å²) in [5, 5.41) is 19.8. The number of pyridine rings is 1. The number of nitriles is 1. The van der Waals surface area contributed by atoms with E-state index in [1.54, 1.807) is 16.9 Å². The predicted octanol–water partition coefficient (Wildman–Crippen LogP) is 4.74. The summed E-state index contributed by atoms with van der Waals surface area (Å²) in [7, 11) is 1.89. The molecule has 7 nitrogen and oxygen atoms in total. The Bertz CT molecular complexity index is 1320. The van der Waals surface area contributed by atoms with Gasteiger partial charge in [-0.1, -0.05) is 49.4 Å². The van der Waals surface area contributed by atoms with Gasteiger partial charge in [-0.25, -0.2) is 4.98 Å². The molecule has 2 heterocycles. The highest BCUT2D eigenvalue weighted by Gasteiger charge is 2.22. The number of carbonyl (C=O) groups excluding carboxylic acids is 1. The van der Waals surface area contributed by atoms with Crippen LogP contribution in [0.4, 0.5) is 5.82 Å². The molecule has 2 aromatic carbocycles. The Morgan fingerprint density at radius 2 is 1.80 bits per heavy atom. The van der Waals surface area contributed by atoms with Gasteiger partial charge in [0, 0.05) is 37.1 Å². The highest BCUT2D eigenvalue weighted by atomic mass is 16.2. The van der Waals surface area contributed by atoms with E-state index in [9.17, 15) is 4.79 Å². The molecule has 0 aliphatic rings. The number of aryl methyl sites for hydroxylation is 2. The van der Waals surface area contributed by atoms with Crippen molar-refractivity contribution >= 4 is 11.7 Å². The van der Waals surface area contributed by atoms with E-state index < -0.39 is 6.04 Å². The standard InChI is InChI=1S/C28H28N6O/c1-19(22-11-9-21(15-29)10-12-22)16-31-27(23-7-5-4-6-8-23)28(35)32-26-14-13-24(17-30-26)25-18-34(3)33-20(25)2/h4-14,17-19,27,31H,16H2,1-3H3,(H,30,32,35)/t19-,27?/m1/s1. The average molecular weight is 465 g/mol. The molecule has 0 aliphatic carbocycles. The lowest BCUT2D eigenvalue weighted by atomic mass is 9.98. The summed E-state index contributed by atoms with van der Waals surface area (Å²) in [4.78, 5) is 17.8. The summed E-state index contributed by atoms with van der Waals surface area (Å²) >= 11 is 0. The van der Waals surface area contributed by atoms with E-state index in [1.165, 1.54) is 0 Å². The van der Waals surface area contributed by atoms with Gasteiger partial charge in [-0.3, -0.25) is 9.48 Å². The first-order valence-electron chi connectivity index (χ1n) is 11.5. The molecule has 0 aliphatic heterocycles. The molecule has 1 amide bonds. The van der Waals surface area contributed by atoms with E-state index in [0.29, 0.717) is 17.9 Å². The third kappa shape index (κ3) is 5.81. The number of carbonyl (C=O) groups is 1. The fourth-order valence-electron chi connectivity index (χ4n) is 4.01. The molecule has 2 aromatic heterocycles. The molecule has 1 unspecified atom stereocenters. The molecule has 0 saturated heterocycles. The van der Waals surface area contributed by atoms with Crippen molar-refractivity contribution in [3.8, 4) is 17.2 Å². The van der Waals surface area contributed by atoms with Crippen molar-refractivity contribution in [3.05, 3.63) is 102 Å². The lowest BCUT2D eigenvalue weighted by Gasteiger charge is -2.21. The van der Waals surface area contributed by atoms with E-state index in [0.717, 1.165) is 27.9 Å². The lowest BCUT2D eigenvalue weighted by molar-refractivity contribution is -0.118. The maximum absolute atomic E-state index is 13.3. The molecule has 0 bridgehead atoms. The zero-order valence-corrected chi connectivity index (χ0v) is 20.1. The minimum Gasteiger partial charge on any atom is -0.309 e. The number of hydrogen-bond acceptors (Lipinski definition) is 5. The van der Waals surface area contributed by atoms with Crippen molar-refractivity contribution in [1.29, 1.82) is 5.26 Å². The second-order valence-electron chi connectivity index (χ2n) is 8.61. The van der Waals surface area contributed by atoms with E-state index in [4.69, 9.17) is 5.26 Å². The fraction of sp³-hybridized carbons (Fsp3) is 0.214. The van der Waals surface area contributed by atoms with Gasteiger partial charge in [0.15, 0.2) is 0 Å². The van der Waals surface area contributed by atoms with Crippen LogP contribution in [0.15, 0.2) is 79.1 Å². The number of nitrogens with zero attached hydrogens (tertiary/aromatic N) is 4. The van der Waals surface area contributed by atoms with Gasteiger partial charge in [-0.2, -0.15) is 10.4 Å². The van der Waals surface area contributed by atoms with E-state index >= 15 is 0 Å². The van der Waals surface area contributed by atoms with Gasteiger partial charge in [0.2, 0.25) is 5.91 Å². The molecule has 7 heteroatoms. The molecule has 176 valence electrons. The van der Waals surface area contributed by atoms with Crippen LogP contribution in [0.1, 0.15) is 41.3 Å². The maximum Gasteiger partial charge on any atom is 0.247 e. The molecule has 0 spiro atoms. The molecular weight excluding hydrogens is 436 g/mol. The topological polar surface area (TPSA) is 95.6 Å². The normalized spacial score (nSPS) is 12.5. The van der Waals surface area contributed by atoms with Gasteiger partial charge in [-0.05, 0) is 48.2 Å². The Morgan fingerprint density at radius 3 is 2.40 bits per heavy atom. The third-order valence-corrected chi connectivity index (χ3v) is 5.97. The van der Waals surface area contributed by atoms with E-state index in [1.807, 2.05) is 80.8 Å². The van der Waals surface area contributed by atoms with Gasteiger partial charge < -0.3 is 10.6 Å². The van der Waals surface area contributed by atoms with Crippen LogP contribution in [0.2, 0.25) is 0 Å². The molecule has 0 radical (unpaired) electrons. The average Bonchev–Trinajstić information content (AvgIpc) is 3.22.